The maximum Gasteiger partial charge on any atom is 0.306 e. The summed E-state index contributed by atoms with van der Waals surface area (Å²) < 4.78 is 48.1. The summed E-state index contributed by atoms with van der Waals surface area (Å²) in [7, 11) is 0. The van der Waals surface area contributed by atoms with Crippen LogP contribution >= 0.6 is 12.0 Å². The molecular weight excluding hydrogens is 454 g/mol. The van der Waals surface area contributed by atoms with E-state index in [9.17, 15) is 24.0 Å². The number of carbonyl (C=O) groups is 3. The average Bonchev–Trinajstić information content (AvgIpc) is 2.98. The van der Waals surface area contributed by atoms with Crippen molar-refractivity contribution in [1.29, 1.82) is 0 Å². The molecule has 4 aliphatic carbocycles. The quantitative estimate of drug-likeness (QED) is 0.462. The van der Waals surface area contributed by atoms with Crippen molar-refractivity contribution < 1.29 is 37.6 Å². The van der Waals surface area contributed by atoms with E-state index in [1.165, 1.54) is 19.1 Å². The second kappa shape index (κ2) is 7.71. The number of carbonyl (C=O) groups excluding carboxylic acids is 3. The van der Waals surface area contributed by atoms with Gasteiger partial charge in [-0.05, 0) is 49.8 Å². The Labute approximate surface area is 196 Å². The summed E-state index contributed by atoms with van der Waals surface area (Å²) in [5.74, 6) is -3.26. The zero-order valence-electron chi connectivity index (χ0n) is 19.1. The van der Waals surface area contributed by atoms with Gasteiger partial charge >= 0.3 is 5.97 Å². The molecule has 182 valence electrons. The fourth-order valence-electron chi connectivity index (χ4n) is 7.54. The number of rotatable bonds is 3. The van der Waals surface area contributed by atoms with Gasteiger partial charge < -0.3 is 14.4 Å². The molecule has 0 aliphatic heterocycles. The standard InChI is InChI=1S/C24H30F2O6S/c1-5-19(29)32-24(20(30)33-31)12(2)8-14-15-10-17(25)16-9-13(27)6-7-21(16,3)23(15,26)18(28)11-22(14,24)4/h6-7,9,12,14-15,17-18,28,31H,5,8,10-11H2,1-4H3/t12-,14+,15+,17+,18+,21+,22+,23+,24+/m1/s1. The molecule has 0 amide bonds. The molecule has 6 nitrogen and oxygen atoms in total. The van der Waals surface area contributed by atoms with E-state index in [1.807, 2.05) is 0 Å². The molecule has 3 fully saturated rings. The van der Waals surface area contributed by atoms with Crippen molar-refractivity contribution in [3.8, 4) is 0 Å². The Morgan fingerprint density at radius 2 is 1.94 bits per heavy atom. The van der Waals surface area contributed by atoms with E-state index in [-0.39, 0.29) is 43.3 Å². The molecule has 9 atom stereocenters. The Hall–Kier alpha value is -1.58. The minimum atomic E-state index is -2.29. The number of aliphatic hydroxyl groups is 1. The first kappa shape index (κ1) is 24.5. The van der Waals surface area contributed by atoms with Crippen molar-refractivity contribution >= 4 is 28.9 Å². The summed E-state index contributed by atoms with van der Waals surface area (Å²) in [5.41, 5.74) is -6.81. The highest BCUT2D eigenvalue weighted by molar-refractivity contribution is 8.09. The number of aliphatic hydroxyl groups excluding tert-OH is 1. The van der Waals surface area contributed by atoms with Gasteiger partial charge in [0.05, 0.1) is 18.1 Å². The first-order chi connectivity index (χ1) is 15.3. The molecule has 0 aromatic carbocycles. The number of allylic oxidation sites excluding steroid dienone is 4. The second-order valence-electron chi connectivity index (χ2n) is 10.4. The molecule has 9 heteroatoms. The topological polar surface area (TPSA) is 101 Å². The summed E-state index contributed by atoms with van der Waals surface area (Å²) in [6, 6.07) is 0. The predicted molar refractivity (Wildman–Crippen MR) is 118 cm³/mol. The molecule has 0 aromatic rings. The summed E-state index contributed by atoms with van der Waals surface area (Å²) in [5, 5.41) is 10.6. The lowest BCUT2D eigenvalue weighted by molar-refractivity contribution is -0.228. The molecule has 0 unspecified atom stereocenters. The monoisotopic (exact) mass is 484 g/mol. The fourth-order valence-corrected chi connectivity index (χ4v) is 8.15. The largest absolute Gasteiger partial charge is 0.449 e. The molecule has 0 aromatic heterocycles. The van der Waals surface area contributed by atoms with Crippen molar-refractivity contribution in [2.75, 3.05) is 0 Å². The van der Waals surface area contributed by atoms with Gasteiger partial charge in [0.2, 0.25) is 0 Å². The van der Waals surface area contributed by atoms with Gasteiger partial charge in [0.1, 0.15) is 6.17 Å². The maximum absolute atomic E-state index is 17.2. The number of fused-ring (bicyclic) bond motifs is 5. The van der Waals surface area contributed by atoms with Crippen LogP contribution in [0.5, 0.6) is 0 Å². The van der Waals surface area contributed by atoms with Gasteiger partial charge in [0, 0.05) is 29.1 Å². The highest BCUT2D eigenvalue weighted by atomic mass is 32.2. The van der Waals surface area contributed by atoms with Gasteiger partial charge in [0.25, 0.3) is 5.12 Å². The Kier molecular flexibility index (Phi) is 5.74. The number of hydrogen-bond acceptors (Lipinski definition) is 7. The van der Waals surface area contributed by atoms with Gasteiger partial charge in [-0.1, -0.05) is 26.8 Å². The highest BCUT2D eigenvalue weighted by Gasteiger charge is 2.78. The third-order valence-corrected chi connectivity index (χ3v) is 9.59. The van der Waals surface area contributed by atoms with Crippen molar-refractivity contribution in [1.82, 2.24) is 0 Å². The van der Waals surface area contributed by atoms with Crippen molar-refractivity contribution in [2.45, 2.75) is 76.9 Å². The summed E-state index contributed by atoms with van der Waals surface area (Å²) >= 11 is -0.0440. The molecule has 0 spiro atoms. The van der Waals surface area contributed by atoms with E-state index in [4.69, 9.17) is 4.74 Å². The minimum Gasteiger partial charge on any atom is -0.449 e. The minimum absolute atomic E-state index is 0.00474. The summed E-state index contributed by atoms with van der Waals surface area (Å²) in [6.07, 6.45) is 0.232. The summed E-state index contributed by atoms with van der Waals surface area (Å²) in [4.78, 5) is 37.4. The van der Waals surface area contributed by atoms with Crippen LogP contribution in [0.2, 0.25) is 0 Å². The molecule has 2 N–H and O–H groups in total. The molecule has 4 rings (SSSR count). The Bertz CT molecular complexity index is 967. The molecular formula is C24H30F2O6S. The number of esters is 1. The molecule has 0 radical (unpaired) electrons. The number of ether oxygens (including phenoxy) is 1. The van der Waals surface area contributed by atoms with Crippen LogP contribution in [0, 0.1) is 28.6 Å². The molecule has 4 aliphatic rings. The average molecular weight is 485 g/mol. The van der Waals surface area contributed by atoms with Crippen LogP contribution in [0.25, 0.3) is 0 Å². The molecule has 0 bridgehead atoms. The smallest absolute Gasteiger partial charge is 0.306 e. The molecule has 3 saturated carbocycles. The highest BCUT2D eigenvalue weighted by Crippen LogP contribution is 2.72. The lowest BCUT2D eigenvalue weighted by Gasteiger charge is -2.63. The van der Waals surface area contributed by atoms with E-state index in [2.05, 4.69) is 0 Å². The fraction of sp³-hybridized carbons (Fsp3) is 0.708. The Morgan fingerprint density at radius 1 is 1.27 bits per heavy atom. The van der Waals surface area contributed by atoms with E-state index < -0.39 is 69.0 Å². The summed E-state index contributed by atoms with van der Waals surface area (Å²) in [6.45, 7) is 6.45. The van der Waals surface area contributed by atoms with Crippen LogP contribution < -0.4 is 0 Å². The van der Waals surface area contributed by atoms with Gasteiger partial charge in [-0.3, -0.25) is 14.4 Å². The van der Waals surface area contributed by atoms with Crippen molar-refractivity contribution in [3.05, 3.63) is 23.8 Å². The van der Waals surface area contributed by atoms with Crippen molar-refractivity contribution in [3.63, 3.8) is 0 Å². The van der Waals surface area contributed by atoms with E-state index in [0.29, 0.717) is 0 Å². The van der Waals surface area contributed by atoms with Gasteiger partial charge in [-0.15, -0.1) is 0 Å². The van der Waals surface area contributed by atoms with Gasteiger partial charge in [0.15, 0.2) is 17.1 Å². The first-order valence-electron chi connectivity index (χ1n) is 11.4. The Morgan fingerprint density at radius 3 is 2.55 bits per heavy atom. The van der Waals surface area contributed by atoms with Crippen LogP contribution in [-0.2, 0) is 19.1 Å². The normalized spacial score (nSPS) is 48.4. The number of hydrogen-bond donors (Lipinski definition) is 2. The zero-order chi connectivity index (χ0) is 24.6. The van der Waals surface area contributed by atoms with Crippen molar-refractivity contribution in [2.24, 2.45) is 28.6 Å². The van der Waals surface area contributed by atoms with E-state index in [0.717, 1.165) is 6.08 Å². The van der Waals surface area contributed by atoms with Crippen LogP contribution in [0.1, 0.15) is 53.4 Å². The molecule has 0 heterocycles. The Balaban J connectivity index is 1.88. The third-order valence-electron chi connectivity index (χ3n) is 9.12. The molecule has 33 heavy (non-hydrogen) atoms. The maximum atomic E-state index is 17.2. The number of halogens is 2. The predicted octanol–water partition coefficient (Wildman–Crippen LogP) is 3.98. The number of alkyl halides is 2. The van der Waals surface area contributed by atoms with Crippen LogP contribution in [0.4, 0.5) is 8.78 Å². The van der Waals surface area contributed by atoms with Gasteiger partial charge in [-0.2, -0.15) is 0 Å². The van der Waals surface area contributed by atoms with E-state index >= 15 is 8.78 Å². The lowest BCUT2D eigenvalue weighted by atomic mass is 9.44. The SMILES string of the molecule is CCC(=O)O[C@]1(C(=O)SO)[C@H](C)C[C@H]2[C@@H]3C[C@H](F)C4=CC(=O)C=C[C@]4(C)[C@@]3(F)[C@@H](O)C[C@@]21C. The van der Waals surface area contributed by atoms with Crippen LogP contribution in [-0.4, -0.2) is 50.1 Å². The third kappa shape index (κ3) is 2.88. The lowest BCUT2D eigenvalue weighted by Crippen LogP contribution is -2.70. The van der Waals surface area contributed by atoms with Crippen LogP contribution in [0.3, 0.4) is 0 Å². The zero-order valence-corrected chi connectivity index (χ0v) is 20.0. The van der Waals surface area contributed by atoms with E-state index in [1.54, 1.807) is 20.8 Å². The number of ketones is 1. The molecule has 0 saturated heterocycles. The first-order valence-corrected chi connectivity index (χ1v) is 12.1. The second-order valence-corrected chi connectivity index (χ2v) is 11.0. The van der Waals surface area contributed by atoms with Crippen LogP contribution in [0.15, 0.2) is 23.8 Å². The van der Waals surface area contributed by atoms with Gasteiger partial charge in [-0.25, -0.2) is 8.78 Å².